The van der Waals surface area contributed by atoms with E-state index >= 15 is 0 Å². The van der Waals surface area contributed by atoms with Crippen LogP contribution in [0.2, 0.25) is 0 Å². The summed E-state index contributed by atoms with van der Waals surface area (Å²) in [5.74, 6) is -0.276. The summed E-state index contributed by atoms with van der Waals surface area (Å²) in [6.45, 7) is 3.09. The molecule has 2 aromatic rings. The van der Waals surface area contributed by atoms with Crippen molar-refractivity contribution in [3.63, 3.8) is 0 Å². The lowest BCUT2D eigenvalue weighted by Crippen LogP contribution is -2.55. The van der Waals surface area contributed by atoms with E-state index in [0.29, 0.717) is 19.5 Å². The number of aldehydes is 1. The average molecular weight is 409 g/mol. The molecule has 1 aliphatic heterocycles. The molecule has 1 aromatic heterocycles. The summed E-state index contributed by atoms with van der Waals surface area (Å²) in [6, 6.07) is 6.32. The number of benzene rings is 1. The molecule has 0 unspecified atom stereocenters. The molecular formula is C23H24FN3O3. The lowest BCUT2D eigenvalue weighted by molar-refractivity contribution is -0.108. The molecule has 0 bridgehead atoms. The van der Waals surface area contributed by atoms with Crippen LogP contribution < -0.4 is 0 Å². The van der Waals surface area contributed by atoms with Crippen molar-refractivity contribution < 1.29 is 18.7 Å². The van der Waals surface area contributed by atoms with E-state index in [4.69, 9.17) is 4.74 Å². The number of hydrogen-bond acceptors (Lipinski definition) is 4. The molecule has 2 heterocycles. The van der Waals surface area contributed by atoms with E-state index < -0.39 is 5.60 Å². The van der Waals surface area contributed by atoms with E-state index in [1.54, 1.807) is 17.0 Å². The molecule has 1 aromatic carbocycles. The molecule has 3 aliphatic rings. The van der Waals surface area contributed by atoms with Crippen molar-refractivity contribution in [3.05, 3.63) is 53.1 Å². The van der Waals surface area contributed by atoms with E-state index in [9.17, 15) is 14.0 Å². The number of nitrogens with zero attached hydrogens (tertiary/aromatic N) is 3. The number of ether oxygens (including phenoxy) is 1. The van der Waals surface area contributed by atoms with Crippen LogP contribution in [-0.2, 0) is 16.0 Å². The fourth-order valence-corrected chi connectivity index (χ4v) is 5.36. The van der Waals surface area contributed by atoms with Gasteiger partial charge in [0.2, 0.25) is 0 Å². The second kappa shape index (κ2) is 6.79. The first-order valence-electron chi connectivity index (χ1n) is 10.4. The molecule has 6 nitrogen and oxygen atoms in total. The maximum atomic E-state index is 13.3. The van der Waals surface area contributed by atoms with E-state index in [1.165, 1.54) is 17.7 Å². The second-order valence-electron chi connectivity index (χ2n) is 8.71. The van der Waals surface area contributed by atoms with Gasteiger partial charge in [-0.1, -0.05) is 12.5 Å². The Hall–Kier alpha value is -2.96. The summed E-state index contributed by atoms with van der Waals surface area (Å²) in [5, 5.41) is 4.56. The molecule has 2 fully saturated rings. The Balaban J connectivity index is 1.52. The Kier molecular flexibility index (Phi) is 4.31. The van der Waals surface area contributed by atoms with E-state index in [2.05, 4.69) is 18.1 Å². The topological polar surface area (TPSA) is 64.4 Å². The first kappa shape index (κ1) is 19.0. The van der Waals surface area contributed by atoms with Crippen molar-refractivity contribution >= 4 is 18.5 Å². The highest BCUT2D eigenvalue weighted by Crippen LogP contribution is 2.56. The number of amides is 1. The Morgan fingerprint density at radius 3 is 2.87 bits per heavy atom. The van der Waals surface area contributed by atoms with E-state index in [0.717, 1.165) is 48.9 Å². The SMILES string of the molecule is C[C@]12Cc3cnn(-c4ccc(F)cc4)c3C=C1CCC[C@@]21CN(CCC=O)C(=O)O1. The lowest BCUT2D eigenvalue weighted by Gasteiger charge is -2.51. The van der Waals surface area contributed by atoms with Gasteiger partial charge >= 0.3 is 6.09 Å². The molecule has 0 N–H and O–H groups in total. The molecule has 1 spiro atoms. The standard InChI is InChI=1S/C23H24FN3O3/c1-22-13-16-14-25-27(19-7-5-18(24)6-8-19)20(16)12-17(22)4-2-9-23(22)15-26(10-3-11-28)21(29)30-23/h5-8,11-12,14H,2-4,9-10,13,15H2,1H3/t22-,23+/m0/s1. The monoisotopic (exact) mass is 409 g/mol. The van der Waals surface area contributed by atoms with Crippen LogP contribution in [0, 0.1) is 11.2 Å². The summed E-state index contributed by atoms with van der Waals surface area (Å²) in [5.41, 5.74) is 3.27. The quantitative estimate of drug-likeness (QED) is 0.718. The summed E-state index contributed by atoms with van der Waals surface area (Å²) in [6.07, 6.45) is 8.29. The largest absolute Gasteiger partial charge is 0.440 e. The fraction of sp³-hybridized carbons (Fsp3) is 0.435. The van der Waals surface area contributed by atoms with Gasteiger partial charge in [0.25, 0.3) is 0 Å². The number of carbonyl (C=O) groups is 2. The van der Waals surface area contributed by atoms with Gasteiger partial charge in [-0.3, -0.25) is 0 Å². The van der Waals surface area contributed by atoms with Crippen molar-refractivity contribution in [2.75, 3.05) is 13.1 Å². The Morgan fingerprint density at radius 1 is 1.30 bits per heavy atom. The Morgan fingerprint density at radius 2 is 2.10 bits per heavy atom. The molecule has 2 aliphatic carbocycles. The molecule has 0 radical (unpaired) electrons. The highest BCUT2D eigenvalue weighted by Gasteiger charge is 2.60. The normalized spacial score (nSPS) is 27.5. The highest BCUT2D eigenvalue weighted by molar-refractivity contribution is 5.72. The van der Waals surface area contributed by atoms with Gasteiger partial charge in [-0.15, -0.1) is 0 Å². The number of hydrogen-bond donors (Lipinski definition) is 0. The van der Waals surface area contributed by atoms with Crippen molar-refractivity contribution in [1.29, 1.82) is 0 Å². The lowest BCUT2D eigenvalue weighted by atomic mass is 9.57. The number of rotatable bonds is 4. The minimum Gasteiger partial charge on any atom is -0.440 e. The molecule has 30 heavy (non-hydrogen) atoms. The van der Waals surface area contributed by atoms with Gasteiger partial charge in [0, 0.05) is 18.4 Å². The first-order chi connectivity index (χ1) is 14.5. The van der Waals surface area contributed by atoms with E-state index in [1.807, 2.05) is 10.9 Å². The molecule has 2 atom stereocenters. The fourth-order valence-electron chi connectivity index (χ4n) is 5.36. The van der Waals surface area contributed by atoms with Gasteiger partial charge in [-0.25, -0.2) is 13.9 Å². The zero-order valence-electron chi connectivity index (χ0n) is 16.9. The summed E-state index contributed by atoms with van der Waals surface area (Å²) in [7, 11) is 0. The zero-order valence-corrected chi connectivity index (χ0v) is 16.9. The van der Waals surface area contributed by atoms with Gasteiger partial charge in [0.15, 0.2) is 0 Å². The molecular weight excluding hydrogens is 385 g/mol. The van der Waals surface area contributed by atoms with Crippen LogP contribution in [0.25, 0.3) is 11.8 Å². The van der Waals surface area contributed by atoms with Crippen LogP contribution in [0.3, 0.4) is 0 Å². The molecule has 1 amide bonds. The van der Waals surface area contributed by atoms with Crippen LogP contribution in [-0.4, -0.2) is 45.8 Å². The summed E-state index contributed by atoms with van der Waals surface area (Å²) in [4.78, 5) is 25.0. The maximum Gasteiger partial charge on any atom is 0.410 e. The third-order valence-electron chi connectivity index (χ3n) is 7.06. The average Bonchev–Trinajstić information content (AvgIpc) is 3.27. The highest BCUT2D eigenvalue weighted by atomic mass is 19.1. The Labute approximate surface area is 174 Å². The maximum absolute atomic E-state index is 13.3. The minimum atomic E-state index is -0.591. The van der Waals surface area contributed by atoms with Crippen LogP contribution in [0.5, 0.6) is 0 Å². The third-order valence-corrected chi connectivity index (χ3v) is 7.06. The van der Waals surface area contributed by atoms with Crippen LogP contribution in [0.15, 0.2) is 36.0 Å². The molecule has 1 saturated carbocycles. The van der Waals surface area contributed by atoms with Gasteiger partial charge < -0.3 is 14.4 Å². The molecule has 7 heteroatoms. The smallest absolute Gasteiger partial charge is 0.410 e. The minimum absolute atomic E-state index is 0.276. The molecule has 156 valence electrons. The molecule has 1 saturated heterocycles. The zero-order chi connectivity index (χ0) is 20.9. The van der Waals surface area contributed by atoms with Crippen molar-refractivity contribution in [1.82, 2.24) is 14.7 Å². The van der Waals surface area contributed by atoms with Gasteiger partial charge in [0.05, 0.1) is 24.1 Å². The van der Waals surface area contributed by atoms with Crippen molar-refractivity contribution in [3.8, 4) is 5.69 Å². The van der Waals surface area contributed by atoms with E-state index in [-0.39, 0.29) is 17.3 Å². The first-order valence-corrected chi connectivity index (χ1v) is 10.4. The second-order valence-corrected chi connectivity index (χ2v) is 8.71. The number of fused-ring (bicyclic) bond motifs is 3. The summed E-state index contributed by atoms with van der Waals surface area (Å²) < 4.78 is 21.2. The predicted octanol–water partition coefficient (Wildman–Crippen LogP) is 3.92. The van der Waals surface area contributed by atoms with Crippen LogP contribution in [0.1, 0.15) is 43.9 Å². The van der Waals surface area contributed by atoms with Crippen molar-refractivity contribution in [2.24, 2.45) is 5.41 Å². The van der Waals surface area contributed by atoms with Gasteiger partial charge in [-0.05, 0) is 61.6 Å². The number of carbonyl (C=O) groups excluding carboxylic acids is 2. The number of halogens is 1. The predicted molar refractivity (Wildman–Crippen MR) is 109 cm³/mol. The van der Waals surface area contributed by atoms with Crippen LogP contribution in [0.4, 0.5) is 9.18 Å². The van der Waals surface area contributed by atoms with Crippen LogP contribution >= 0.6 is 0 Å². The summed E-state index contributed by atoms with van der Waals surface area (Å²) >= 11 is 0. The number of aromatic nitrogens is 2. The van der Waals surface area contributed by atoms with Gasteiger partial charge in [-0.2, -0.15) is 5.10 Å². The Bertz CT molecular complexity index is 1040. The third kappa shape index (κ3) is 2.71. The van der Waals surface area contributed by atoms with Gasteiger partial charge in [0.1, 0.15) is 17.7 Å². The van der Waals surface area contributed by atoms with Crippen molar-refractivity contribution in [2.45, 2.75) is 44.6 Å². The molecule has 5 rings (SSSR count).